The Hall–Kier alpha value is -0.710. The van der Waals surface area contributed by atoms with Crippen molar-refractivity contribution < 1.29 is 9.53 Å². The SMILES string of the molecule is CN(Cc1ccsc1)CC1C(=O)C(C)(C)OC1(C)C. The van der Waals surface area contributed by atoms with Gasteiger partial charge in [-0.15, -0.1) is 0 Å². The molecule has 0 aliphatic carbocycles. The summed E-state index contributed by atoms with van der Waals surface area (Å²) in [5, 5.41) is 4.23. The quantitative estimate of drug-likeness (QED) is 0.850. The van der Waals surface area contributed by atoms with Crippen LogP contribution in [-0.4, -0.2) is 35.5 Å². The van der Waals surface area contributed by atoms with Gasteiger partial charge in [-0.25, -0.2) is 0 Å². The maximum atomic E-state index is 12.4. The summed E-state index contributed by atoms with van der Waals surface area (Å²) in [5.74, 6) is 0.154. The van der Waals surface area contributed by atoms with Crippen molar-refractivity contribution in [3.63, 3.8) is 0 Å². The normalized spacial score (nSPS) is 25.2. The monoisotopic (exact) mass is 281 g/mol. The van der Waals surface area contributed by atoms with Gasteiger partial charge in [-0.3, -0.25) is 4.79 Å². The van der Waals surface area contributed by atoms with E-state index in [1.54, 1.807) is 11.3 Å². The van der Waals surface area contributed by atoms with Crippen LogP contribution in [0.1, 0.15) is 33.3 Å². The van der Waals surface area contributed by atoms with Gasteiger partial charge in [0, 0.05) is 13.1 Å². The van der Waals surface area contributed by atoms with Crippen molar-refractivity contribution in [3.05, 3.63) is 22.4 Å². The highest BCUT2D eigenvalue weighted by molar-refractivity contribution is 7.07. The fourth-order valence-corrected chi connectivity index (χ4v) is 3.55. The molecule has 2 heterocycles. The average molecular weight is 281 g/mol. The van der Waals surface area contributed by atoms with Crippen molar-refractivity contribution in [1.29, 1.82) is 0 Å². The molecule has 1 saturated heterocycles. The van der Waals surface area contributed by atoms with Gasteiger partial charge < -0.3 is 9.64 Å². The molecule has 0 radical (unpaired) electrons. The van der Waals surface area contributed by atoms with Gasteiger partial charge in [0.15, 0.2) is 5.78 Å². The summed E-state index contributed by atoms with van der Waals surface area (Å²) in [7, 11) is 2.06. The van der Waals surface area contributed by atoms with Crippen molar-refractivity contribution in [2.75, 3.05) is 13.6 Å². The van der Waals surface area contributed by atoms with Gasteiger partial charge in [0.25, 0.3) is 0 Å². The molecule has 0 aromatic carbocycles. The third kappa shape index (κ3) is 3.07. The zero-order valence-corrected chi connectivity index (χ0v) is 13.2. The second kappa shape index (κ2) is 5.00. The number of hydrogen-bond acceptors (Lipinski definition) is 4. The van der Waals surface area contributed by atoms with Crippen molar-refractivity contribution in [3.8, 4) is 0 Å². The Kier molecular flexibility index (Phi) is 3.87. The number of rotatable bonds is 4. The minimum atomic E-state index is -0.655. The molecule has 0 spiro atoms. The lowest BCUT2D eigenvalue weighted by Gasteiger charge is -2.28. The van der Waals surface area contributed by atoms with Crippen molar-refractivity contribution in [2.45, 2.75) is 45.4 Å². The maximum Gasteiger partial charge on any atom is 0.171 e. The molecule has 106 valence electrons. The van der Waals surface area contributed by atoms with E-state index in [9.17, 15) is 4.79 Å². The van der Waals surface area contributed by atoms with E-state index in [4.69, 9.17) is 4.74 Å². The van der Waals surface area contributed by atoms with Gasteiger partial charge >= 0.3 is 0 Å². The highest BCUT2D eigenvalue weighted by Gasteiger charge is 2.53. The first-order valence-corrected chi connectivity index (χ1v) is 7.61. The van der Waals surface area contributed by atoms with Crippen LogP contribution in [0, 0.1) is 5.92 Å². The van der Waals surface area contributed by atoms with E-state index in [0.717, 1.165) is 13.1 Å². The van der Waals surface area contributed by atoms with Crippen LogP contribution < -0.4 is 0 Å². The van der Waals surface area contributed by atoms with Crippen molar-refractivity contribution in [1.82, 2.24) is 4.90 Å². The minimum absolute atomic E-state index is 0.0638. The summed E-state index contributed by atoms with van der Waals surface area (Å²) in [4.78, 5) is 14.6. The first-order chi connectivity index (χ1) is 8.72. The minimum Gasteiger partial charge on any atom is -0.361 e. The van der Waals surface area contributed by atoms with Crippen LogP contribution in [0.5, 0.6) is 0 Å². The molecule has 0 saturated carbocycles. The summed E-state index contributed by atoms with van der Waals surface area (Å²) >= 11 is 1.71. The number of thiophene rings is 1. The van der Waals surface area contributed by atoms with E-state index in [1.807, 2.05) is 27.7 Å². The number of carbonyl (C=O) groups is 1. The Morgan fingerprint density at radius 1 is 1.37 bits per heavy atom. The van der Waals surface area contributed by atoms with Gasteiger partial charge in [-0.1, -0.05) is 0 Å². The summed E-state index contributed by atoms with van der Waals surface area (Å²) in [5.41, 5.74) is 0.261. The van der Waals surface area contributed by atoms with Crippen LogP contribution >= 0.6 is 11.3 Å². The Morgan fingerprint density at radius 2 is 2.05 bits per heavy atom. The molecule has 0 N–H and O–H groups in total. The number of hydrogen-bond donors (Lipinski definition) is 0. The van der Waals surface area contributed by atoms with Gasteiger partial charge in [-0.2, -0.15) is 11.3 Å². The Morgan fingerprint density at radius 3 is 2.53 bits per heavy atom. The van der Waals surface area contributed by atoms with Gasteiger partial charge in [0.1, 0.15) is 5.60 Å². The fraction of sp³-hybridized carbons (Fsp3) is 0.667. The highest BCUT2D eigenvalue weighted by Crippen LogP contribution is 2.39. The number of ether oxygens (including phenoxy) is 1. The number of ketones is 1. The van der Waals surface area contributed by atoms with E-state index >= 15 is 0 Å². The first-order valence-electron chi connectivity index (χ1n) is 6.66. The van der Waals surface area contributed by atoms with Crippen LogP contribution in [-0.2, 0) is 16.1 Å². The molecule has 1 aromatic heterocycles. The summed E-state index contributed by atoms with van der Waals surface area (Å²) in [6.45, 7) is 9.40. The van der Waals surface area contributed by atoms with Gasteiger partial charge in [0.05, 0.1) is 11.5 Å². The molecule has 1 atom stereocenters. The van der Waals surface area contributed by atoms with Crippen LogP contribution in [0.2, 0.25) is 0 Å². The first kappa shape index (κ1) is 14.7. The van der Waals surface area contributed by atoms with Gasteiger partial charge in [0.2, 0.25) is 0 Å². The second-order valence-electron chi connectivity index (χ2n) is 6.46. The lowest BCUT2D eigenvalue weighted by atomic mass is 9.85. The predicted molar refractivity (Wildman–Crippen MR) is 78.4 cm³/mol. The van der Waals surface area contributed by atoms with Crippen molar-refractivity contribution in [2.24, 2.45) is 5.92 Å². The molecule has 4 heteroatoms. The maximum absolute atomic E-state index is 12.4. The lowest BCUT2D eigenvalue weighted by Crippen LogP contribution is -2.39. The standard InChI is InChI=1S/C15H23NO2S/c1-14(2)12(13(17)15(3,4)18-14)9-16(5)8-11-6-7-19-10-11/h6-7,10,12H,8-9H2,1-5H3. The molecule has 1 aliphatic rings. The van der Waals surface area contributed by atoms with Crippen LogP contribution in [0.25, 0.3) is 0 Å². The molecule has 1 unspecified atom stereocenters. The van der Waals surface area contributed by atoms with Crippen molar-refractivity contribution >= 4 is 17.1 Å². The number of nitrogens with zero attached hydrogens (tertiary/aromatic N) is 1. The third-order valence-electron chi connectivity index (χ3n) is 3.79. The Balaban J connectivity index is 2.03. The largest absolute Gasteiger partial charge is 0.361 e. The Bertz CT molecular complexity index is 451. The van der Waals surface area contributed by atoms with E-state index in [2.05, 4.69) is 28.8 Å². The smallest absolute Gasteiger partial charge is 0.171 e. The highest BCUT2D eigenvalue weighted by atomic mass is 32.1. The zero-order valence-electron chi connectivity index (χ0n) is 12.4. The van der Waals surface area contributed by atoms with Crippen LogP contribution in [0.4, 0.5) is 0 Å². The lowest BCUT2D eigenvalue weighted by molar-refractivity contribution is -0.132. The molecule has 1 fully saturated rings. The van der Waals surface area contributed by atoms with Crippen LogP contribution in [0.15, 0.2) is 16.8 Å². The summed E-state index contributed by atoms with van der Waals surface area (Å²) < 4.78 is 5.92. The van der Waals surface area contributed by atoms with E-state index < -0.39 is 5.60 Å². The van der Waals surface area contributed by atoms with E-state index in [-0.39, 0.29) is 17.3 Å². The molecule has 19 heavy (non-hydrogen) atoms. The van der Waals surface area contributed by atoms with Crippen LogP contribution in [0.3, 0.4) is 0 Å². The molecule has 2 rings (SSSR count). The zero-order chi connectivity index (χ0) is 14.3. The average Bonchev–Trinajstić information content (AvgIpc) is 2.80. The molecule has 3 nitrogen and oxygen atoms in total. The molecule has 1 aromatic rings. The Labute approximate surface area is 119 Å². The van der Waals surface area contributed by atoms with Gasteiger partial charge in [-0.05, 0) is 57.1 Å². The van der Waals surface area contributed by atoms with E-state index in [0.29, 0.717) is 0 Å². The number of Topliss-reactive ketones (excluding diaryl/α,β-unsaturated/α-hetero) is 1. The topological polar surface area (TPSA) is 29.5 Å². The third-order valence-corrected chi connectivity index (χ3v) is 4.53. The summed E-state index contributed by atoms with van der Waals surface area (Å²) in [6, 6.07) is 2.13. The van der Waals surface area contributed by atoms with E-state index in [1.165, 1.54) is 5.56 Å². The summed E-state index contributed by atoms with van der Waals surface area (Å²) in [6.07, 6.45) is 0. The molecule has 0 bridgehead atoms. The predicted octanol–water partition coefficient (Wildman–Crippen LogP) is 2.95. The molecular weight excluding hydrogens is 258 g/mol. The second-order valence-corrected chi connectivity index (χ2v) is 7.24. The molecular formula is C15H23NO2S. The molecule has 1 aliphatic heterocycles. The number of carbonyl (C=O) groups excluding carboxylic acids is 1. The molecule has 0 amide bonds. The fourth-order valence-electron chi connectivity index (χ4n) is 2.89.